The van der Waals surface area contributed by atoms with Crippen LogP contribution >= 0.6 is 11.6 Å². The van der Waals surface area contributed by atoms with Crippen molar-refractivity contribution in [3.05, 3.63) is 93.5 Å². The maximum atomic E-state index is 13.5. The minimum atomic E-state index is -3.05. The summed E-state index contributed by atoms with van der Waals surface area (Å²) in [6.07, 6.45) is -0.526. The van der Waals surface area contributed by atoms with Crippen LogP contribution in [0.15, 0.2) is 60.7 Å². The number of hydrogen-bond acceptors (Lipinski definition) is 6. The fourth-order valence-corrected chi connectivity index (χ4v) is 4.34. The zero-order valence-corrected chi connectivity index (χ0v) is 19.9. The van der Waals surface area contributed by atoms with Gasteiger partial charge in [-0.1, -0.05) is 29.8 Å². The minimum Gasteiger partial charge on any atom is -0.361 e. The molecule has 0 bridgehead atoms. The van der Waals surface area contributed by atoms with Crippen LogP contribution in [-0.4, -0.2) is 44.6 Å². The van der Waals surface area contributed by atoms with Crippen molar-refractivity contribution in [1.29, 1.82) is 0 Å². The lowest BCUT2D eigenvalue weighted by Crippen LogP contribution is -2.51. The van der Waals surface area contributed by atoms with E-state index < -0.39 is 23.9 Å². The van der Waals surface area contributed by atoms with Gasteiger partial charge in [-0.05, 0) is 67.4 Å². The molecule has 1 aliphatic heterocycles. The molecule has 1 aliphatic rings. The minimum absolute atomic E-state index is 0.0886. The average Bonchev–Trinajstić information content (AvgIpc) is 2.86. The molecule has 3 aromatic carbocycles. The van der Waals surface area contributed by atoms with Crippen LogP contribution in [0.1, 0.15) is 43.8 Å². The highest BCUT2D eigenvalue weighted by molar-refractivity contribution is 6.30. The first kappa shape index (κ1) is 24.8. The molecule has 0 aromatic heterocycles. The Morgan fingerprint density at radius 2 is 1.63 bits per heavy atom. The molecule has 0 spiro atoms. The number of amides is 2. The predicted octanol–water partition coefficient (Wildman–Crippen LogP) is 3.08. The first-order valence-corrected chi connectivity index (χ1v) is 11.3. The van der Waals surface area contributed by atoms with Gasteiger partial charge in [0.25, 0.3) is 11.8 Å². The number of benzene rings is 3. The lowest BCUT2D eigenvalue weighted by molar-refractivity contribution is -0.365. The second kappa shape index (κ2) is 9.07. The molecular weight excluding hydrogens is 472 g/mol. The van der Waals surface area contributed by atoms with Crippen molar-refractivity contribution in [3.8, 4) is 0 Å². The quantitative estimate of drug-likeness (QED) is 0.354. The lowest BCUT2D eigenvalue weighted by atomic mass is 9.95. The topological polar surface area (TPSA) is 130 Å². The number of rotatable bonds is 3. The number of hydrogen-bond donors (Lipinski definition) is 5. The van der Waals surface area contributed by atoms with Crippen molar-refractivity contribution < 1.29 is 30.0 Å². The van der Waals surface area contributed by atoms with Gasteiger partial charge in [-0.3, -0.25) is 9.59 Å². The van der Waals surface area contributed by atoms with Crippen LogP contribution in [0.4, 0.5) is 11.4 Å². The Morgan fingerprint density at radius 3 is 2.31 bits per heavy atom. The second-order valence-electron chi connectivity index (χ2n) is 8.66. The van der Waals surface area contributed by atoms with Crippen molar-refractivity contribution in [3.63, 3.8) is 0 Å². The van der Waals surface area contributed by atoms with Gasteiger partial charge in [-0.2, -0.15) is 0 Å². The van der Waals surface area contributed by atoms with Crippen LogP contribution in [0, 0.1) is 13.8 Å². The van der Waals surface area contributed by atoms with Crippen LogP contribution in [-0.2, 0) is 5.79 Å². The Bertz CT molecular complexity index is 1320. The molecule has 0 saturated heterocycles. The number of halogens is 1. The summed E-state index contributed by atoms with van der Waals surface area (Å²) in [4.78, 5) is 27.4. The van der Waals surface area contributed by atoms with Gasteiger partial charge in [0.1, 0.15) is 0 Å². The maximum Gasteiger partial charge on any atom is 0.258 e. The summed E-state index contributed by atoms with van der Waals surface area (Å²) in [7, 11) is 0. The molecule has 182 valence electrons. The van der Waals surface area contributed by atoms with Gasteiger partial charge in [0.05, 0.1) is 5.69 Å². The summed E-state index contributed by atoms with van der Waals surface area (Å²) >= 11 is 6.01. The van der Waals surface area contributed by atoms with E-state index in [2.05, 4.69) is 5.32 Å². The van der Waals surface area contributed by atoms with Crippen LogP contribution in [0.3, 0.4) is 0 Å². The molecule has 0 fully saturated rings. The van der Waals surface area contributed by atoms with E-state index in [4.69, 9.17) is 11.6 Å². The summed E-state index contributed by atoms with van der Waals surface area (Å²) in [6, 6.07) is 16.1. The van der Waals surface area contributed by atoms with Gasteiger partial charge < -0.3 is 30.6 Å². The molecule has 35 heavy (non-hydrogen) atoms. The van der Waals surface area contributed by atoms with E-state index in [0.29, 0.717) is 22.4 Å². The van der Waals surface area contributed by atoms with Crippen LogP contribution in [0.2, 0.25) is 5.02 Å². The van der Waals surface area contributed by atoms with Crippen molar-refractivity contribution in [1.82, 2.24) is 0 Å². The number of carbonyl (C=O) groups is 2. The van der Waals surface area contributed by atoms with Crippen molar-refractivity contribution in [2.75, 3.05) is 16.8 Å². The van der Waals surface area contributed by atoms with E-state index in [1.165, 1.54) is 23.1 Å². The van der Waals surface area contributed by atoms with Crippen LogP contribution < -0.4 is 10.2 Å². The fraction of sp³-hybridized carbons (Fsp3) is 0.231. The molecule has 0 atom stereocenters. The highest BCUT2D eigenvalue weighted by Gasteiger charge is 2.52. The third-order valence-corrected chi connectivity index (χ3v) is 6.45. The van der Waals surface area contributed by atoms with Gasteiger partial charge in [0, 0.05) is 40.4 Å². The van der Waals surface area contributed by atoms with Gasteiger partial charge in [0.2, 0.25) is 11.6 Å². The van der Waals surface area contributed by atoms with E-state index in [1.54, 1.807) is 37.3 Å². The van der Waals surface area contributed by atoms with E-state index in [-0.39, 0.29) is 28.7 Å². The van der Waals surface area contributed by atoms with E-state index >= 15 is 0 Å². The number of carbonyl (C=O) groups excluding carboxylic acids is 2. The van der Waals surface area contributed by atoms with Crippen LogP contribution in [0.5, 0.6) is 0 Å². The number of anilines is 2. The van der Waals surface area contributed by atoms with Crippen molar-refractivity contribution >= 4 is 34.8 Å². The molecule has 1 heterocycles. The Kier molecular flexibility index (Phi) is 6.44. The smallest absolute Gasteiger partial charge is 0.258 e. The van der Waals surface area contributed by atoms with E-state index in [1.807, 2.05) is 19.1 Å². The maximum absolute atomic E-state index is 13.5. The highest BCUT2D eigenvalue weighted by Crippen LogP contribution is 2.42. The molecule has 0 radical (unpaired) electrons. The second-order valence-corrected chi connectivity index (χ2v) is 9.09. The SMILES string of the molecule is Cc1ccccc1C(=O)Nc1ccc(C(=O)N2CCC(O)(O)C(O)(O)c3cc(Cl)ccc32)c(C)c1. The summed E-state index contributed by atoms with van der Waals surface area (Å²) in [5.74, 6) is -6.73. The first-order valence-electron chi connectivity index (χ1n) is 10.9. The lowest BCUT2D eigenvalue weighted by Gasteiger charge is -2.33. The largest absolute Gasteiger partial charge is 0.361 e. The fourth-order valence-electron chi connectivity index (χ4n) is 4.16. The number of nitrogens with zero attached hydrogens (tertiary/aromatic N) is 1. The van der Waals surface area contributed by atoms with Gasteiger partial charge in [-0.15, -0.1) is 0 Å². The summed E-state index contributed by atoms with van der Waals surface area (Å²) in [5.41, 5.74) is 2.52. The Balaban J connectivity index is 1.66. The number of aryl methyl sites for hydroxylation is 2. The zero-order valence-electron chi connectivity index (χ0n) is 19.1. The Labute approximate surface area is 207 Å². The molecule has 0 aliphatic carbocycles. The summed E-state index contributed by atoms with van der Waals surface area (Å²) in [6.45, 7) is 3.35. The first-order chi connectivity index (χ1) is 16.4. The molecule has 2 amide bonds. The normalized spacial score (nSPS) is 16.3. The third-order valence-electron chi connectivity index (χ3n) is 6.22. The number of fused-ring (bicyclic) bond motifs is 1. The van der Waals surface area contributed by atoms with Crippen LogP contribution in [0.25, 0.3) is 0 Å². The Morgan fingerprint density at radius 1 is 0.914 bits per heavy atom. The van der Waals surface area contributed by atoms with Crippen molar-refractivity contribution in [2.24, 2.45) is 0 Å². The zero-order chi connectivity index (χ0) is 25.5. The molecule has 0 unspecified atom stereocenters. The Hall–Kier alpha value is -3.27. The third kappa shape index (κ3) is 4.54. The molecule has 4 rings (SSSR count). The van der Waals surface area contributed by atoms with Gasteiger partial charge >= 0.3 is 0 Å². The number of aliphatic hydroxyl groups is 4. The molecule has 8 nitrogen and oxygen atoms in total. The average molecular weight is 497 g/mol. The monoisotopic (exact) mass is 496 g/mol. The summed E-state index contributed by atoms with van der Waals surface area (Å²) in [5, 5.41) is 44.7. The van der Waals surface area contributed by atoms with Gasteiger partial charge in [-0.25, -0.2) is 0 Å². The number of nitrogens with one attached hydrogen (secondary N) is 1. The van der Waals surface area contributed by atoms with E-state index in [0.717, 1.165) is 5.56 Å². The van der Waals surface area contributed by atoms with Crippen molar-refractivity contribution in [2.45, 2.75) is 31.8 Å². The van der Waals surface area contributed by atoms with E-state index in [9.17, 15) is 30.0 Å². The predicted molar refractivity (Wildman–Crippen MR) is 131 cm³/mol. The highest BCUT2D eigenvalue weighted by atomic mass is 35.5. The molecule has 0 saturated carbocycles. The molecule has 3 aromatic rings. The summed E-state index contributed by atoms with van der Waals surface area (Å²) < 4.78 is 0. The molecule has 9 heteroatoms. The molecule has 5 N–H and O–H groups in total. The van der Waals surface area contributed by atoms with Gasteiger partial charge in [0.15, 0.2) is 0 Å². The standard InChI is InChI=1S/C26H25ClN2O6/c1-15-5-3-4-6-19(15)23(30)28-18-8-9-20(16(2)13-18)24(31)29-12-11-25(32,33)26(34,35)21-14-17(27)7-10-22(21)29/h3-10,13-14,32-35H,11-12H2,1-2H3,(H,28,30). The molecular formula is C26H25ClN2O6.